The molecule has 0 saturated heterocycles. The molecule has 0 fully saturated rings. The summed E-state index contributed by atoms with van der Waals surface area (Å²) in [5.41, 5.74) is 2.10. The SMILES string of the molecule is Cc1ccc(C(=O)CCBr)cc1C=O. The molecule has 0 aliphatic heterocycles. The molecule has 0 spiro atoms. The summed E-state index contributed by atoms with van der Waals surface area (Å²) in [5.74, 6) is 0.0602. The number of rotatable bonds is 4. The molecule has 0 N–H and O–H groups in total. The van der Waals surface area contributed by atoms with Crippen molar-refractivity contribution in [2.24, 2.45) is 0 Å². The van der Waals surface area contributed by atoms with Crippen molar-refractivity contribution in [1.29, 1.82) is 0 Å². The maximum atomic E-state index is 11.5. The molecule has 2 nitrogen and oxygen atoms in total. The molecule has 0 bridgehead atoms. The minimum atomic E-state index is 0.0602. The number of Topliss-reactive ketones (excluding diaryl/α,β-unsaturated/α-hetero) is 1. The highest BCUT2D eigenvalue weighted by Crippen LogP contribution is 2.11. The zero-order valence-electron chi connectivity index (χ0n) is 7.92. The van der Waals surface area contributed by atoms with E-state index in [1.807, 2.05) is 6.92 Å². The molecule has 0 radical (unpaired) electrons. The number of hydrogen-bond donors (Lipinski definition) is 0. The molecular weight excluding hydrogens is 244 g/mol. The molecule has 0 saturated carbocycles. The number of halogens is 1. The second kappa shape index (κ2) is 5.05. The third kappa shape index (κ3) is 2.51. The summed E-state index contributed by atoms with van der Waals surface area (Å²) < 4.78 is 0. The van der Waals surface area contributed by atoms with E-state index in [9.17, 15) is 9.59 Å². The smallest absolute Gasteiger partial charge is 0.163 e. The van der Waals surface area contributed by atoms with Gasteiger partial charge in [-0.05, 0) is 18.6 Å². The van der Waals surface area contributed by atoms with Gasteiger partial charge in [0.25, 0.3) is 0 Å². The fraction of sp³-hybridized carbons (Fsp3) is 0.273. The Kier molecular flexibility index (Phi) is 4.01. The van der Waals surface area contributed by atoms with Gasteiger partial charge in [-0.2, -0.15) is 0 Å². The van der Waals surface area contributed by atoms with Gasteiger partial charge in [-0.3, -0.25) is 9.59 Å². The predicted molar refractivity (Wildman–Crippen MR) is 59.3 cm³/mol. The van der Waals surface area contributed by atoms with Gasteiger partial charge in [0.05, 0.1) is 0 Å². The Balaban J connectivity index is 3.00. The van der Waals surface area contributed by atoms with E-state index in [1.54, 1.807) is 18.2 Å². The highest BCUT2D eigenvalue weighted by Gasteiger charge is 2.06. The molecule has 0 aliphatic carbocycles. The number of ketones is 1. The first kappa shape index (κ1) is 11.1. The van der Waals surface area contributed by atoms with Gasteiger partial charge < -0.3 is 0 Å². The lowest BCUT2D eigenvalue weighted by Crippen LogP contribution is -2.01. The average Bonchev–Trinajstić information content (AvgIpc) is 2.19. The lowest BCUT2D eigenvalue weighted by molar-refractivity contribution is 0.0990. The molecule has 1 rings (SSSR count). The Morgan fingerprint density at radius 3 is 2.79 bits per heavy atom. The topological polar surface area (TPSA) is 34.1 Å². The maximum absolute atomic E-state index is 11.5. The summed E-state index contributed by atoms with van der Waals surface area (Å²) in [4.78, 5) is 22.1. The number of carbonyl (C=O) groups is 2. The minimum absolute atomic E-state index is 0.0602. The van der Waals surface area contributed by atoms with E-state index in [4.69, 9.17) is 0 Å². The summed E-state index contributed by atoms with van der Waals surface area (Å²) in [6.07, 6.45) is 1.24. The van der Waals surface area contributed by atoms with Crippen molar-refractivity contribution < 1.29 is 9.59 Å². The molecule has 0 unspecified atom stereocenters. The van der Waals surface area contributed by atoms with Crippen LogP contribution in [0.15, 0.2) is 18.2 Å². The van der Waals surface area contributed by atoms with Gasteiger partial charge in [0.1, 0.15) is 6.29 Å². The monoisotopic (exact) mass is 254 g/mol. The van der Waals surface area contributed by atoms with E-state index in [0.717, 1.165) is 11.8 Å². The zero-order valence-corrected chi connectivity index (χ0v) is 9.50. The van der Waals surface area contributed by atoms with Crippen LogP contribution in [0.4, 0.5) is 0 Å². The Labute approximate surface area is 91.4 Å². The molecule has 74 valence electrons. The Hall–Kier alpha value is -0.960. The van der Waals surface area contributed by atoms with Crippen LogP contribution in [0.1, 0.15) is 32.7 Å². The molecule has 0 amide bonds. The standard InChI is InChI=1S/C11H11BrO2/c1-8-2-3-9(6-10(8)7-13)11(14)4-5-12/h2-3,6-7H,4-5H2,1H3. The average molecular weight is 255 g/mol. The Morgan fingerprint density at radius 2 is 2.21 bits per heavy atom. The molecule has 0 aromatic heterocycles. The van der Waals surface area contributed by atoms with Gasteiger partial charge >= 0.3 is 0 Å². The molecular formula is C11H11BrO2. The lowest BCUT2D eigenvalue weighted by Gasteiger charge is -2.02. The number of carbonyl (C=O) groups excluding carboxylic acids is 2. The first-order valence-corrected chi connectivity index (χ1v) is 5.46. The van der Waals surface area contributed by atoms with Gasteiger partial charge in [0.15, 0.2) is 5.78 Å². The quantitative estimate of drug-likeness (QED) is 0.471. The third-order valence-corrected chi connectivity index (χ3v) is 2.45. The van der Waals surface area contributed by atoms with Crippen LogP contribution in [0.25, 0.3) is 0 Å². The maximum Gasteiger partial charge on any atom is 0.163 e. The summed E-state index contributed by atoms with van der Waals surface area (Å²) in [6.45, 7) is 1.85. The van der Waals surface area contributed by atoms with Gasteiger partial charge in [0.2, 0.25) is 0 Å². The zero-order chi connectivity index (χ0) is 10.6. The summed E-state index contributed by atoms with van der Waals surface area (Å²) in [5, 5.41) is 0.649. The van der Waals surface area contributed by atoms with E-state index >= 15 is 0 Å². The van der Waals surface area contributed by atoms with Crippen molar-refractivity contribution in [3.05, 3.63) is 34.9 Å². The van der Waals surface area contributed by atoms with Crippen LogP contribution in [-0.4, -0.2) is 17.4 Å². The Bertz CT molecular complexity index is 358. The van der Waals surface area contributed by atoms with Crippen LogP contribution in [-0.2, 0) is 0 Å². The lowest BCUT2D eigenvalue weighted by atomic mass is 10.0. The van der Waals surface area contributed by atoms with Crippen LogP contribution in [0.5, 0.6) is 0 Å². The van der Waals surface area contributed by atoms with Gasteiger partial charge in [-0.25, -0.2) is 0 Å². The molecule has 3 heteroatoms. The van der Waals surface area contributed by atoms with E-state index in [2.05, 4.69) is 15.9 Å². The highest BCUT2D eigenvalue weighted by atomic mass is 79.9. The summed E-state index contributed by atoms with van der Waals surface area (Å²) in [6, 6.07) is 5.20. The van der Waals surface area contributed by atoms with Crippen molar-refractivity contribution >= 4 is 28.0 Å². The van der Waals surface area contributed by atoms with Crippen LogP contribution < -0.4 is 0 Å². The highest BCUT2D eigenvalue weighted by molar-refractivity contribution is 9.09. The first-order chi connectivity index (χ1) is 6.69. The van der Waals surface area contributed by atoms with Crippen molar-refractivity contribution in [2.75, 3.05) is 5.33 Å². The van der Waals surface area contributed by atoms with Gasteiger partial charge in [-0.1, -0.05) is 28.1 Å². The molecule has 14 heavy (non-hydrogen) atoms. The number of aryl methyl sites for hydroxylation is 1. The Morgan fingerprint density at radius 1 is 1.50 bits per heavy atom. The molecule has 1 aromatic rings. The first-order valence-electron chi connectivity index (χ1n) is 4.34. The van der Waals surface area contributed by atoms with Crippen molar-refractivity contribution in [3.8, 4) is 0 Å². The second-order valence-electron chi connectivity index (χ2n) is 3.05. The number of hydrogen-bond acceptors (Lipinski definition) is 2. The predicted octanol–water partition coefficient (Wildman–Crippen LogP) is 2.78. The minimum Gasteiger partial charge on any atom is -0.298 e. The van der Waals surface area contributed by atoms with E-state index < -0.39 is 0 Å². The van der Waals surface area contributed by atoms with Gasteiger partial charge in [-0.15, -0.1) is 0 Å². The van der Waals surface area contributed by atoms with E-state index in [0.29, 0.717) is 22.9 Å². The largest absolute Gasteiger partial charge is 0.298 e. The van der Waals surface area contributed by atoms with Crippen molar-refractivity contribution in [3.63, 3.8) is 0 Å². The van der Waals surface area contributed by atoms with Crippen LogP contribution in [0, 0.1) is 6.92 Å². The third-order valence-electron chi connectivity index (χ3n) is 2.05. The van der Waals surface area contributed by atoms with Crippen molar-refractivity contribution in [2.45, 2.75) is 13.3 Å². The normalized spacial score (nSPS) is 9.86. The van der Waals surface area contributed by atoms with Crippen LogP contribution >= 0.6 is 15.9 Å². The second-order valence-corrected chi connectivity index (χ2v) is 3.84. The van der Waals surface area contributed by atoms with Crippen LogP contribution in [0.2, 0.25) is 0 Å². The van der Waals surface area contributed by atoms with E-state index in [1.165, 1.54) is 0 Å². The van der Waals surface area contributed by atoms with Crippen LogP contribution in [0.3, 0.4) is 0 Å². The molecule has 1 aromatic carbocycles. The van der Waals surface area contributed by atoms with Crippen molar-refractivity contribution in [1.82, 2.24) is 0 Å². The number of aldehydes is 1. The molecule has 0 aliphatic rings. The fourth-order valence-electron chi connectivity index (χ4n) is 1.17. The molecule has 0 heterocycles. The summed E-state index contributed by atoms with van der Waals surface area (Å²) in [7, 11) is 0. The van der Waals surface area contributed by atoms with E-state index in [-0.39, 0.29) is 5.78 Å². The van der Waals surface area contributed by atoms with Gasteiger partial charge in [0, 0.05) is 22.9 Å². The number of alkyl halides is 1. The number of benzene rings is 1. The molecule has 0 atom stereocenters. The fourth-order valence-corrected chi connectivity index (χ4v) is 1.53. The summed E-state index contributed by atoms with van der Waals surface area (Å²) >= 11 is 3.21.